The summed E-state index contributed by atoms with van der Waals surface area (Å²) in [6.45, 7) is 17.5. The molecule has 1 heterocycles. The molecule has 2 unspecified atom stereocenters. The molecule has 0 bridgehead atoms. The van der Waals surface area contributed by atoms with Gasteiger partial charge in [-0.25, -0.2) is 0 Å². The van der Waals surface area contributed by atoms with Crippen LogP contribution in [0.3, 0.4) is 0 Å². The molecular weight excluding hydrogens is 196 g/mol. The van der Waals surface area contributed by atoms with Crippen LogP contribution in [-0.2, 0) is 0 Å². The van der Waals surface area contributed by atoms with Crippen molar-refractivity contribution in [2.24, 2.45) is 17.3 Å². The zero-order chi connectivity index (χ0) is 12.4. The summed E-state index contributed by atoms with van der Waals surface area (Å²) in [5.41, 5.74) is 0.649. The second-order valence-corrected chi connectivity index (χ2v) is 7.40. The third-order valence-corrected chi connectivity index (χ3v) is 3.49. The average Bonchev–Trinajstić information content (AvgIpc) is 2.43. The minimum atomic E-state index is 0.251. The van der Waals surface area contributed by atoms with Gasteiger partial charge >= 0.3 is 0 Å². The van der Waals surface area contributed by atoms with Gasteiger partial charge in [-0.2, -0.15) is 0 Å². The number of hydrogen-bond donors (Lipinski definition) is 2. The number of nitrogens with one attached hydrogen (secondary N) is 2. The van der Waals surface area contributed by atoms with Crippen molar-refractivity contribution < 1.29 is 0 Å². The predicted molar refractivity (Wildman–Crippen MR) is 71.7 cm³/mol. The lowest BCUT2D eigenvalue weighted by Gasteiger charge is -2.34. The lowest BCUT2D eigenvalue weighted by molar-refractivity contribution is 0.228. The Bertz CT molecular complexity index is 215. The highest BCUT2D eigenvalue weighted by molar-refractivity contribution is 4.87. The molecule has 0 saturated carbocycles. The van der Waals surface area contributed by atoms with Crippen LogP contribution in [0.15, 0.2) is 0 Å². The van der Waals surface area contributed by atoms with E-state index in [1.807, 2.05) is 0 Å². The summed E-state index contributed by atoms with van der Waals surface area (Å²) >= 11 is 0. The van der Waals surface area contributed by atoms with Crippen LogP contribution in [0.4, 0.5) is 0 Å². The van der Waals surface area contributed by atoms with E-state index in [1.165, 1.54) is 19.5 Å². The van der Waals surface area contributed by atoms with Crippen LogP contribution in [0.2, 0.25) is 0 Å². The van der Waals surface area contributed by atoms with Crippen LogP contribution in [-0.4, -0.2) is 25.2 Å². The van der Waals surface area contributed by atoms with Gasteiger partial charge in [0.1, 0.15) is 0 Å². The van der Waals surface area contributed by atoms with Gasteiger partial charge in [0.2, 0.25) is 0 Å². The fourth-order valence-electron chi connectivity index (χ4n) is 2.93. The van der Waals surface area contributed by atoms with Gasteiger partial charge in [0.05, 0.1) is 0 Å². The molecule has 0 aromatic heterocycles. The molecule has 0 aromatic carbocycles. The third-order valence-electron chi connectivity index (χ3n) is 3.49. The van der Waals surface area contributed by atoms with Crippen molar-refractivity contribution in [1.82, 2.24) is 10.6 Å². The molecular formula is C14H30N2. The van der Waals surface area contributed by atoms with E-state index in [0.717, 1.165) is 18.4 Å². The van der Waals surface area contributed by atoms with Crippen LogP contribution < -0.4 is 10.6 Å². The molecule has 0 aromatic rings. The largest absolute Gasteiger partial charge is 0.316 e. The fourth-order valence-corrected chi connectivity index (χ4v) is 2.93. The highest BCUT2D eigenvalue weighted by atomic mass is 15.0. The average molecular weight is 226 g/mol. The van der Waals surface area contributed by atoms with E-state index in [4.69, 9.17) is 0 Å². The molecule has 96 valence electrons. The van der Waals surface area contributed by atoms with E-state index in [0.29, 0.717) is 5.41 Å². The highest BCUT2D eigenvalue weighted by Gasteiger charge is 2.28. The Kier molecular flexibility index (Phi) is 4.42. The molecule has 2 nitrogen and oxygen atoms in total. The molecule has 0 radical (unpaired) electrons. The van der Waals surface area contributed by atoms with E-state index >= 15 is 0 Å². The van der Waals surface area contributed by atoms with Crippen LogP contribution in [0.5, 0.6) is 0 Å². The third kappa shape index (κ3) is 4.84. The Morgan fingerprint density at radius 1 is 1.12 bits per heavy atom. The lowest BCUT2D eigenvalue weighted by Crippen LogP contribution is -2.45. The van der Waals surface area contributed by atoms with Crippen molar-refractivity contribution in [2.75, 3.05) is 19.6 Å². The molecule has 1 saturated heterocycles. The monoisotopic (exact) mass is 226 g/mol. The van der Waals surface area contributed by atoms with Crippen LogP contribution in [0.25, 0.3) is 0 Å². The standard InChI is InChI=1S/C14H30N2/c1-11-7-15-8-12(11)9-16-14(5,6)10-13(2,3)4/h11-12,15-16H,7-10H2,1-6H3. The Labute approximate surface area is 102 Å². The Morgan fingerprint density at radius 2 is 1.75 bits per heavy atom. The summed E-state index contributed by atoms with van der Waals surface area (Å²) in [6, 6.07) is 0. The first-order chi connectivity index (χ1) is 7.20. The maximum Gasteiger partial charge on any atom is 0.0130 e. The molecule has 1 rings (SSSR count). The normalized spacial score (nSPS) is 27.4. The number of rotatable bonds is 4. The Morgan fingerprint density at radius 3 is 2.19 bits per heavy atom. The minimum absolute atomic E-state index is 0.251. The fraction of sp³-hybridized carbons (Fsp3) is 1.00. The summed E-state index contributed by atoms with van der Waals surface area (Å²) in [5, 5.41) is 7.21. The van der Waals surface area contributed by atoms with Gasteiger partial charge in [-0.3, -0.25) is 0 Å². The topological polar surface area (TPSA) is 24.1 Å². The first kappa shape index (κ1) is 14.0. The van der Waals surface area contributed by atoms with Crippen LogP contribution in [0.1, 0.15) is 48.0 Å². The second-order valence-electron chi connectivity index (χ2n) is 7.40. The zero-order valence-electron chi connectivity index (χ0n) is 12.0. The highest BCUT2D eigenvalue weighted by Crippen LogP contribution is 2.27. The predicted octanol–water partition coefficient (Wildman–Crippen LogP) is 2.65. The van der Waals surface area contributed by atoms with Gasteiger partial charge in [0, 0.05) is 5.54 Å². The molecule has 16 heavy (non-hydrogen) atoms. The Hall–Kier alpha value is -0.0800. The molecule has 0 amide bonds. The quantitative estimate of drug-likeness (QED) is 0.770. The van der Waals surface area contributed by atoms with Gasteiger partial charge in [-0.1, -0.05) is 27.7 Å². The molecule has 0 aliphatic carbocycles. The van der Waals surface area contributed by atoms with Gasteiger partial charge in [0.15, 0.2) is 0 Å². The molecule has 2 heteroatoms. The molecule has 2 N–H and O–H groups in total. The summed E-state index contributed by atoms with van der Waals surface area (Å²) in [6.07, 6.45) is 1.22. The molecule has 1 aliphatic heterocycles. The zero-order valence-corrected chi connectivity index (χ0v) is 12.0. The van der Waals surface area contributed by atoms with Gasteiger partial charge in [-0.05, 0) is 57.2 Å². The van der Waals surface area contributed by atoms with Gasteiger partial charge in [-0.15, -0.1) is 0 Å². The summed E-state index contributed by atoms with van der Waals surface area (Å²) in [7, 11) is 0. The molecule has 1 fully saturated rings. The van der Waals surface area contributed by atoms with Crippen molar-refractivity contribution in [3.8, 4) is 0 Å². The van der Waals surface area contributed by atoms with E-state index < -0.39 is 0 Å². The summed E-state index contributed by atoms with van der Waals surface area (Å²) in [5.74, 6) is 1.62. The summed E-state index contributed by atoms with van der Waals surface area (Å²) < 4.78 is 0. The van der Waals surface area contributed by atoms with Crippen molar-refractivity contribution in [3.05, 3.63) is 0 Å². The summed E-state index contributed by atoms with van der Waals surface area (Å²) in [4.78, 5) is 0. The minimum Gasteiger partial charge on any atom is -0.316 e. The van der Waals surface area contributed by atoms with Gasteiger partial charge < -0.3 is 10.6 Å². The molecule has 0 spiro atoms. The van der Waals surface area contributed by atoms with E-state index in [1.54, 1.807) is 0 Å². The van der Waals surface area contributed by atoms with Crippen LogP contribution >= 0.6 is 0 Å². The number of hydrogen-bond acceptors (Lipinski definition) is 2. The first-order valence-corrected chi connectivity index (χ1v) is 6.65. The second kappa shape index (κ2) is 5.05. The van der Waals surface area contributed by atoms with Crippen molar-refractivity contribution >= 4 is 0 Å². The van der Waals surface area contributed by atoms with Crippen molar-refractivity contribution in [3.63, 3.8) is 0 Å². The lowest BCUT2D eigenvalue weighted by atomic mass is 9.81. The van der Waals surface area contributed by atoms with E-state index in [9.17, 15) is 0 Å². The first-order valence-electron chi connectivity index (χ1n) is 6.65. The van der Waals surface area contributed by atoms with Crippen molar-refractivity contribution in [2.45, 2.75) is 53.5 Å². The molecule has 2 atom stereocenters. The molecule has 1 aliphatic rings. The van der Waals surface area contributed by atoms with Crippen LogP contribution in [0, 0.1) is 17.3 Å². The van der Waals surface area contributed by atoms with Crippen molar-refractivity contribution in [1.29, 1.82) is 0 Å². The maximum absolute atomic E-state index is 3.75. The Balaban J connectivity index is 2.35. The van der Waals surface area contributed by atoms with E-state index in [2.05, 4.69) is 52.2 Å². The van der Waals surface area contributed by atoms with Gasteiger partial charge in [0.25, 0.3) is 0 Å². The van der Waals surface area contributed by atoms with E-state index in [-0.39, 0.29) is 5.54 Å². The smallest absolute Gasteiger partial charge is 0.0130 e. The SMILES string of the molecule is CC1CNCC1CNC(C)(C)CC(C)(C)C. The maximum atomic E-state index is 3.75.